The third kappa shape index (κ3) is 2.36. The van der Waals surface area contributed by atoms with Crippen molar-refractivity contribution in [1.29, 1.82) is 0 Å². The van der Waals surface area contributed by atoms with Crippen molar-refractivity contribution in [2.45, 2.75) is 6.54 Å². The molecule has 1 aromatic heterocycles. The van der Waals surface area contributed by atoms with Gasteiger partial charge in [0.05, 0.1) is 5.52 Å². The lowest BCUT2D eigenvalue weighted by Gasteiger charge is -2.07. The number of aromatic nitrogens is 1. The normalized spacial score (nSPS) is 10.7. The maximum absolute atomic E-state index is 3.45. The second kappa shape index (κ2) is 5.02. The molecule has 1 heterocycles. The molecule has 0 radical (unpaired) electrons. The summed E-state index contributed by atoms with van der Waals surface area (Å²) >= 11 is 2.31. The van der Waals surface area contributed by atoms with E-state index in [-0.39, 0.29) is 0 Å². The summed E-state index contributed by atoms with van der Waals surface area (Å²) in [6, 6.07) is 16.9. The standard InChI is InChI=1S/C15H13IN2/c16-13-4-6-14(7-5-13)18-10-12-3-1-2-11-8-9-17-15(11)12/h1-9,17-18H,10H2. The van der Waals surface area contributed by atoms with Crippen molar-refractivity contribution in [2.24, 2.45) is 0 Å². The highest BCUT2D eigenvalue weighted by Gasteiger charge is 2.01. The van der Waals surface area contributed by atoms with E-state index in [2.05, 4.69) is 81.4 Å². The molecule has 90 valence electrons. The Hall–Kier alpha value is -1.49. The fourth-order valence-electron chi connectivity index (χ4n) is 2.06. The zero-order valence-corrected chi connectivity index (χ0v) is 11.9. The monoisotopic (exact) mass is 348 g/mol. The summed E-state index contributed by atoms with van der Waals surface area (Å²) in [5.74, 6) is 0. The van der Waals surface area contributed by atoms with Crippen molar-refractivity contribution in [3.63, 3.8) is 0 Å². The van der Waals surface area contributed by atoms with Crippen LogP contribution in [-0.2, 0) is 6.54 Å². The minimum Gasteiger partial charge on any atom is -0.381 e. The summed E-state index contributed by atoms with van der Waals surface area (Å²) in [5.41, 5.74) is 3.66. The Balaban J connectivity index is 1.80. The van der Waals surface area contributed by atoms with Crippen LogP contribution in [0.1, 0.15) is 5.56 Å². The second-order valence-electron chi connectivity index (χ2n) is 4.22. The highest BCUT2D eigenvalue weighted by molar-refractivity contribution is 14.1. The molecule has 0 saturated heterocycles. The van der Waals surface area contributed by atoms with Crippen LogP contribution in [0.2, 0.25) is 0 Å². The van der Waals surface area contributed by atoms with Crippen molar-refractivity contribution in [1.82, 2.24) is 4.98 Å². The van der Waals surface area contributed by atoms with Crippen LogP contribution in [0.5, 0.6) is 0 Å². The van der Waals surface area contributed by atoms with E-state index in [4.69, 9.17) is 0 Å². The lowest BCUT2D eigenvalue weighted by Crippen LogP contribution is -1.99. The number of benzene rings is 2. The summed E-state index contributed by atoms with van der Waals surface area (Å²) < 4.78 is 1.25. The topological polar surface area (TPSA) is 27.8 Å². The number of hydrogen-bond acceptors (Lipinski definition) is 1. The van der Waals surface area contributed by atoms with Crippen molar-refractivity contribution in [2.75, 3.05) is 5.32 Å². The number of halogens is 1. The molecule has 2 N–H and O–H groups in total. The molecule has 0 aliphatic rings. The number of hydrogen-bond donors (Lipinski definition) is 2. The lowest BCUT2D eigenvalue weighted by atomic mass is 10.1. The summed E-state index contributed by atoms with van der Waals surface area (Å²) in [4.78, 5) is 3.29. The Bertz CT molecular complexity index is 656. The van der Waals surface area contributed by atoms with Gasteiger partial charge >= 0.3 is 0 Å². The molecule has 0 bridgehead atoms. The quantitative estimate of drug-likeness (QED) is 0.676. The van der Waals surface area contributed by atoms with Gasteiger partial charge in [-0.2, -0.15) is 0 Å². The molecular weight excluding hydrogens is 335 g/mol. The first-order valence-electron chi connectivity index (χ1n) is 5.87. The van der Waals surface area contributed by atoms with Gasteiger partial charge in [0.25, 0.3) is 0 Å². The molecule has 2 aromatic carbocycles. The maximum Gasteiger partial charge on any atom is 0.0504 e. The number of fused-ring (bicyclic) bond motifs is 1. The molecule has 0 saturated carbocycles. The number of nitrogens with one attached hydrogen (secondary N) is 2. The van der Waals surface area contributed by atoms with Crippen molar-refractivity contribution in [3.05, 3.63) is 63.9 Å². The van der Waals surface area contributed by atoms with Gasteiger partial charge in [-0.05, 0) is 63.9 Å². The van der Waals surface area contributed by atoms with Gasteiger partial charge in [0.2, 0.25) is 0 Å². The fraction of sp³-hybridized carbons (Fsp3) is 0.0667. The van der Waals surface area contributed by atoms with Gasteiger partial charge in [0, 0.05) is 22.0 Å². The van der Waals surface area contributed by atoms with Crippen LogP contribution in [0.4, 0.5) is 5.69 Å². The Kier molecular flexibility index (Phi) is 3.23. The minimum absolute atomic E-state index is 0.832. The molecule has 18 heavy (non-hydrogen) atoms. The van der Waals surface area contributed by atoms with Crippen LogP contribution in [0.25, 0.3) is 10.9 Å². The van der Waals surface area contributed by atoms with Gasteiger partial charge in [0.1, 0.15) is 0 Å². The molecule has 2 nitrogen and oxygen atoms in total. The molecule has 3 rings (SSSR count). The number of H-pyrrole nitrogens is 1. The van der Waals surface area contributed by atoms with Crippen molar-refractivity contribution < 1.29 is 0 Å². The van der Waals surface area contributed by atoms with E-state index in [1.54, 1.807) is 0 Å². The van der Waals surface area contributed by atoms with E-state index >= 15 is 0 Å². The van der Waals surface area contributed by atoms with Gasteiger partial charge in [0.15, 0.2) is 0 Å². The molecule has 0 aliphatic heterocycles. The van der Waals surface area contributed by atoms with Crippen LogP contribution >= 0.6 is 22.6 Å². The highest BCUT2D eigenvalue weighted by Crippen LogP contribution is 2.18. The Morgan fingerprint density at radius 1 is 1.00 bits per heavy atom. The van der Waals surface area contributed by atoms with Gasteiger partial charge in [-0.1, -0.05) is 18.2 Å². The van der Waals surface area contributed by atoms with E-state index in [0.717, 1.165) is 12.2 Å². The molecule has 0 aliphatic carbocycles. The predicted octanol–water partition coefficient (Wildman–Crippen LogP) is 4.38. The van der Waals surface area contributed by atoms with E-state index in [1.165, 1.54) is 20.0 Å². The first-order chi connectivity index (χ1) is 8.83. The van der Waals surface area contributed by atoms with Crippen LogP contribution in [0, 0.1) is 3.57 Å². The number of aromatic amines is 1. The highest BCUT2D eigenvalue weighted by atomic mass is 127. The summed E-state index contributed by atoms with van der Waals surface area (Å²) in [5, 5.41) is 4.71. The maximum atomic E-state index is 3.45. The molecule has 0 amide bonds. The van der Waals surface area contributed by atoms with Gasteiger partial charge in [-0.25, -0.2) is 0 Å². The lowest BCUT2D eigenvalue weighted by molar-refractivity contribution is 1.16. The predicted molar refractivity (Wildman–Crippen MR) is 84.8 cm³/mol. The molecule has 3 aromatic rings. The van der Waals surface area contributed by atoms with E-state index < -0.39 is 0 Å². The zero-order chi connectivity index (χ0) is 12.4. The van der Waals surface area contributed by atoms with Crippen LogP contribution in [-0.4, -0.2) is 4.98 Å². The minimum atomic E-state index is 0.832. The third-order valence-electron chi connectivity index (χ3n) is 3.00. The van der Waals surface area contributed by atoms with Crippen LogP contribution in [0.15, 0.2) is 54.7 Å². The van der Waals surface area contributed by atoms with Gasteiger partial charge in [-0.3, -0.25) is 0 Å². The van der Waals surface area contributed by atoms with Crippen molar-refractivity contribution >= 4 is 39.2 Å². The first-order valence-corrected chi connectivity index (χ1v) is 6.95. The molecule has 0 fully saturated rings. The first kappa shape index (κ1) is 11.6. The Labute approximate surface area is 120 Å². The Morgan fingerprint density at radius 3 is 2.67 bits per heavy atom. The summed E-state index contributed by atoms with van der Waals surface area (Å²) in [6.45, 7) is 0.832. The summed E-state index contributed by atoms with van der Waals surface area (Å²) in [7, 11) is 0. The molecular formula is C15H13IN2. The molecule has 3 heteroatoms. The van der Waals surface area contributed by atoms with Gasteiger partial charge in [-0.15, -0.1) is 0 Å². The van der Waals surface area contributed by atoms with E-state index in [9.17, 15) is 0 Å². The van der Waals surface area contributed by atoms with Crippen LogP contribution in [0.3, 0.4) is 0 Å². The molecule has 0 unspecified atom stereocenters. The van der Waals surface area contributed by atoms with Gasteiger partial charge < -0.3 is 10.3 Å². The van der Waals surface area contributed by atoms with E-state index in [0.29, 0.717) is 0 Å². The SMILES string of the molecule is Ic1ccc(NCc2cccc3cc[nH]c23)cc1. The summed E-state index contributed by atoms with van der Waals surface area (Å²) in [6.07, 6.45) is 1.99. The van der Waals surface area contributed by atoms with Crippen LogP contribution < -0.4 is 5.32 Å². The second-order valence-corrected chi connectivity index (χ2v) is 5.47. The average molecular weight is 348 g/mol. The zero-order valence-electron chi connectivity index (χ0n) is 9.78. The molecule has 0 atom stereocenters. The van der Waals surface area contributed by atoms with E-state index in [1.807, 2.05) is 6.20 Å². The largest absolute Gasteiger partial charge is 0.381 e. The smallest absolute Gasteiger partial charge is 0.0504 e. The number of para-hydroxylation sites is 1. The Morgan fingerprint density at radius 2 is 1.83 bits per heavy atom. The van der Waals surface area contributed by atoms with Crippen molar-refractivity contribution in [3.8, 4) is 0 Å². The molecule has 0 spiro atoms. The third-order valence-corrected chi connectivity index (χ3v) is 3.72. The fourth-order valence-corrected chi connectivity index (χ4v) is 2.42. The number of anilines is 1. The average Bonchev–Trinajstić information content (AvgIpc) is 2.87. The number of rotatable bonds is 3.